The predicted molar refractivity (Wildman–Crippen MR) is 121 cm³/mol. The van der Waals surface area contributed by atoms with Crippen molar-refractivity contribution < 1.29 is 0 Å². The third-order valence-electron chi connectivity index (χ3n) is 5.37. The molecule has 31 heavy (non-hydrogen) atoms. The number of aromatic amines is 1. The maximum absolute atomic E-state index is 13.1. The smallest absolute Gasteiger partial charge is 0.332 e. The van der Waals surface area contributed by atoms with E-state index in [1.54, 1.807) is 7.05 Å². The van der Waals surface area contributed by atoms with E-state index >= 15 is 0 Å². The van der Waals surface area contributed by atoms with Crippen molar-refractivity contribution in [2.75, 3.05) is 18.5 Å². The second-order valence-corrected chi connectivity index (χ2v) is 8.07. The van der Waals surface area contributed by atoms with E-state index in [2.05, 4.69) is 19.9 Å². The van der Waals surface area contributed by atoms with Crippen LogP contribution in [0.25, 0.3) is 22.2 Å². The van der Waals surface area contributed by atoms with Gasteiger partial charge in [0.05, 0.1) is 29.0 Å². The zero-order valence-electron chi connectivity index (χ0n) is 18.3. The lowest BCUT2D eigenvalue weighted by molar-refractivity contribution is 0.657. The van der Waals surface area contributed by atoms with Gasteiger partial charge < -0.3 is 15.6 Å². The molecule has 0 saturated heterocycles. The number of H-pyrrole nitrogens is 1. The second-order valence-electron chi connectivity index (χ2n) is 8.07. The van der Waals surface area contributed by atoms with Gasteiger partial charge in [0.2, 0.25) is 5.95 Å². The molecular weight excluding hydrogens is 396 g/mol. The van der Waals surface area contributed by atoms with Gasteiger partial charge in [-0.3, -0.25) is 13.9 Å². The number of aryl methyl sites for hydroxylation is 3. The highest BCUT2D eigenvalue weighted by atomic mass is 16.2. The molecule has 0 aliphatic carbocycles. The van der Waals surface area contributed by atoms with Crippen LogP contribution in [0.2, 0.25) is 0 Å². The Morgan fingerprint density at radius 2 is 1.81 bits per heavy atom. The fourth-order valence-electron chi connectivity index (χ4n) is 3.63. The monoisotopic (exact) mass is 422 g/mol. The molecule has 1 aromatic carbocycles. The molecule has 162 valence electrons. The molecule has 0 bridgehead atoms. The van der Waals surface area contributed by atoms with Crippen molar-refractivity contribution in [3.63, 3.8) is 0 Å². The lowest BCUT2D eigenvalue weighted by Gasteiger charge is -2.17. The first-order valence-corrected chi connectivity index (χ1v) is 10.1. The minimum atomic E-state index is -0.434. The molecule has 3 N–H and O–H groups in total. The van der Waals surface area contributed by atoms with Gasteiger partial charge in [0.25, 0.3) is 5.56 Å². The summed E-state index contributed by atoms with van der Waals surface area (Å²) in [4.78, 5) is 44.5. The number of nitrogens with two attached hydrogens (primary N) is 1. The Kier molecular flexibility index (Phi) is 5.10. The van der Waals surface area contributed by atoms with Crippen LogP contribution in [0, 0.1) is 13.8 Å². The number of aromatic nitrogens is 6. The maximum Gasteiger partial charge on any atom is 0.332 e. The highest BCUT2D eigenvalue weighted by Gasteiger charge is 2.18. The van der Waals surface area contributed by atoms with Crippen LogP contribution in [0.3, 0.4) is 0 Å². The first-order chi connectivity index (χ1) is 14.7. The van der Waals surface area contributed by atoms with Gasteiger partial charge in [-0.25, -0.2) is 14.8 Å². The summed E-state index contributed by atoms with van der Waals surface area (Å²) in [6.07, 6.45) is 0. The normalized spacial score (nSPS) is 12.6. The third kappa shape index (κ3) is 3.70. The number of fused-ring (bicyclic) bond motifs is 2. The summed E-state index contributed by atoms with van der Waals surface area (Å²) in [7, 11) is 3.44. The van der Waals surface area contributed by atoms with Crippen molar-refractivity contribution in [3.05, 3.63) is 56.0 Å². The molecule has 1 unspecified atom stereocenters. The first kappa shape index (κ1) is 20.7. The molecule has 0 amide bonds. The maximum atomic E-state index is 13.1. The van der Waals surface area contributed by atoms with Crippen molar-refractivity contribution in [1.82, 2.24) is 29.1 Å². The molecule has 0 radical (unpaired) electrons. The number of hydrogen-bond donors (Lipinski definition) is 2. The number of hydrogen-bond acceptors (Lipinski definition) is 7. The molecule has 0 fully saturated rings. The zero-order valence-corrected chi connectivity index (χ0v) is 18.3. The SMILES string of the molecule is Cc1nc2ccc(Cn3c(=O)c4[nH]c(N(C)CC(C)N)nc4n(C)c3=O)cc2nc1C. The van der Waals surface area contributed by atoms with E-state index in [1.165, 1.54) is 9.13 Å². The lowest BCUT2D eigenvalue weighted by atomic mass is 10.1. The molecule has 1 atom stereocenters. The quantitative estimate of drug-likeness (QED) is 0.487. The first-order valence-electron chi connectivity index (χ1n) is 10.1. The van der Waals surface area contributed by atoms with Gasteiger partial charge in [0.1, 0.15) is 0 Å². The second kappa shape index (κ2) is 7.62. The Morgan fingerprint density at radius 1 is 1.13 bits per heavy atom. The van der Waals surface area contributed by atoms with Crippen LogP contribution in [0.5, 0.6) is 0 Å². The van der Waals surface area contributed by atoms with E-state index in [-0.39, 0.29) is 18.1 Å². The Bertz CT molecular complexity index is 1410. The Morgan fingerprint density at radius 3 is 2.48 bits per heavy atom. The van der Waals surface area contributed by atoms with E-state index in [0.29, 0.717) is 18.1 Å². The predicted octanol–water partition coefficient (Wildman–Crippen LogP) is 0.815. The van der Waals surface area contributed by atoms with Crippen molar-refractivity contribution >= 4 is 28.1 Å². The number of imidazole rings is 1. The number of anilines is 1. The Labute approximate surface area is 178 Å². The number of nitrogens with one attached hydrogen (secondary N) is 1. The molecular formula is C21H26N8O2. The van der Waals surface area contributed by atoms with Gasteiger partial charge in [0.15, 0.2) is 11.2 Å². The molecule has 0 saturated carbocycles. The summed E-state index contributed by atoms with van der Waals surface area (Å²) in [5, 5.41) is 0. The summed E-state index contributed by atoms with van der Waals surface area (Å²) in [5.74, 6) is 0.490. The van der Waals surface area contributed by atoms with Crippen LogP contribution in [0.4, 0.5) is 5.95 Å². The van der Waals surface area contributed by atoms with E-state index < -0.39 is 11.2 Å². The summed E-state index contributed by atoms with van der Waals surface area (Å²) >= 11 is 0. The van der Waals surface area contributed by atoms with Crippen LogP contribution < -0.4 is 21.9 Å². The number of rotatable bonds is 5. The molecule has 10 nitrogen and oxygen atoms in total. The van der Waals surface area contributed by atoms with Crippen molar-refractivity contribution in [2.24, 2.45) is 12.8 Å². The van der Waals surface area contributed by atoms with E-state index in [4.69, 9.17) is 5.73 Å². The topological polar surface area (TPSA) is 128 Å². The molecule has 10 heteroatoms. The summed E-state index contributed by atoms with van der Waals surface area (Å²) < 4.78 is 2.58. The van der Waals surface area contributed by atoms with Crippen LogP contribution in [-0.2, 0) is 13.6 Å². The van der Waals surface area contributed by atoms with Gasteiger partial charge >= 0.3 is 5.69 Å². The van der Waals surface area contributed by atoms with Crippen LogP contribution in [-0.4, -0.2) is 48.7 Å². The summed E-state index contributed by atoms with van der Waals surface area (Å²) in [5.41, 5.74) is 9.62. The molecule has 3 aromatic heterocycles. The molecule has 0 spiro atoms. The van der Waals surface area contributed by atoms with E-state index in [0.717, 1.165) is 28.0 Å². The summed E-state index contributed by atoms with van der Waals surface area (Å²) in [6.45, 7) is 6.38. The average molecular weight is 422 g/mol. The van der Waals surface area contributed by atoms with E-state index in [1.807, 2.05) is 50.9 Å². The van der Waals surface area contributed by atoms with Gasteiger partial charge in [-0.15, -0.1) is 0 Å². The summed E-state index contributed by atoms with van der Waals surface area (Å²) in [6, 6.07) is 5.51. The number of likely N-dealkylation sites (N-methyl/N-ethyl adjacent to an activating group) is 1. The third-order valence-corrected chi connectivity index (χ3v) is 5.37. The van der Waals surface area contributed by atoms with Crippen LogP contribution in [0.15, 0.2) is 27.8 Å². The standard InChI is InChI=1S/C21H26N8O2/c1-11(22)9-27(4)20-25-17-18(26-20)28(5)21(31)29(19(17)30)10-14-6-7-15-16(8-14)24-13(3)12(2)23-15/h6-8,11H,9-10,22H2,1-5H3,(H,25,26). The fourth-order valence-corrected chi connectivity index (χ4v) is 3.63. The number of nitrogens with zero attached hydrogens (tertiary/aromatic N) is 6. The van der Waals surface area contributed by atoms with Crippen LogP contribution >= 0.6 is 0 Å². The molecule has 4 aromatic rings. The largest absolute Gasteiger partial charge is 0.344 e. The minimum absolute atomic E-state index is 0.0675. The molecule has 0 aliphatic rings. The van der Waals surface area contributed by atoms with Crippen molar-refractivity contribution in [2.45, 2.75) is 33.4 Å². The van der Waals surface area contributed by atoms with Gasteiger partial charge in [-0.1, -0.05) is 6.07 Å². The van der Waals surface area contributed by atoms with Crippen LogP contribution in [0.1, 0.15) is 23.9 Å². The van der Waals surface area contributed by atoms with Gasteiger partial charge in [-0.2, -0.15) is 4.98 Å². The molecule has 0 aliphatic heterocycles. The average Bonchev–Trinajstić information content (AvgIpc) is 3.16. The molecule has 3 heterocycles. The van der Waals surface area contributed by atoms with Gasteiger partial charge in [0, 0.05) is 26.7 Å². The molecule has 4 rings (SSSR count). The number of benzene rings is 1. The van der Waals surface area contributed by atoms with Crippen molar-refractivity contribution in [1.29, 1.82) is 0 Å². The highest BCUT2D eigenvalue weighted by molar-refractivity contribution is 5.75. The highest BCUT2D eigenvalue weighted by Crippen LogP contribution is 2.16. The van der Waals surface area contributed by atoms with Crippen molar-refractivity contribution in [3.8, 4) is 0 Å². The Balaban J connectivity index is 1.79. The van der Waals surface area contributed by atoms with E-state index in [9.17, 15) is 9.59 Å². The van der Waals surface area contributed by atoms with Gasteiger partial charge in [-0.05, 0) is 38.5 Å². The fraction of sp³-hybridized carbons (Fsp3) is 0.381. The zero-order chi connectivity index (χ0) is 22.4. The lowest BCUT2D eigenvalue weighted by Crippen LogP contribution is -2.39. The minimum Gasteiger partial charge on any atom is -0.344 e. The Hall–Kier alpha value is -3.53.